The van der Waals surface area contributed by atoms with Crippen LogP contribution in [0.1, 0.15) is 5.56 Å². The van der Waals surface area contributed by atoms with Gasteiger partial charge >= 0.3 is 0 Å². The topological polar surface area (TPSA) is 42.5 Å². The first-order valence-electron chi connectivity index (χ1n) is 7.28. The molecule has 2 aromatic rings. The van der Waals surface area contributed by atoms with Gasteiger partial charge in [-0.1, -0.05) is 11.8 Å². The van der Waals surface area contributed by atoms with Gasteiger partial charge in [-0.15, -0.1) is 0 Å². The van der Waals surface area contributed by atoms with Crippen molar-refractivity contribution in [1.82, 2.24) is 0 Å². The average Bonchev–Trinajstić information content (AvgIpc) is 2.57. The molecule has 0 saturated carbocycles. The summed E-state index contributed by atoms with van der Waals surface area (Å²) in [6, 6.07) is 10.3. The molecule has 0 unspecified atom stereocenters. The third-order valence-corrected chi connectivity index (χ3v) is 4.24. The van der Waals surface area contributed by atoms with E-state index in [1.54, 1.807) is 44.6 Å². The van der Waals surface area contributed by atoms with Crippen LogP contribution < -0.4 is 20.1 Å². The molecule has 0 saturated heterocycles. The zero-order valence-corrected chi connectivity index (χ0v) is 15.6. The molecule has 134 valence electrons. The first kappa shape index (κ1) is 19.3. The molecule has 0 aromatic heterocycles. The molecule has 0 aliphatic heterocycles. The van der Waals surface area contributed by atoms with Gasteiger partial charge in [-0.25, -0.2) is 0 Å². The number of thioether (sulfide) groups is 1. The van der Waals surface area contributed by atoms with Crippen molar-refractivity contribution in [2.24, 2.45) is 0 Å². The molecule has 0 amide bonds. The predicted molar refractivity (Wildman–Crippen MR) is 102 cm³/mol. The summed E-state index contributed by atoms with van der Waals surface area (Å²) in [7, 11) is 3.14. The van der Waals surface area contributed by atoms with Crippen molar-refractivity contribution < 1.29 is 18.3 Å². The lowest BCUT2D eigenvalue weighted by Gasteiger charge is -2.16. The second kappa shape index (κ2) is 8.87. The number of thiocarbonyl (C=S) groups is 1. The van der Waals surface area contributed by atoms with E-state index in [-0.39, 0.29) is 0 Å². The highest BCUT2D eigenvalue weighted by Gasteiger charge is 2.10. The molecule has 4 nitrogen and oxygen atoms in total. The Morgan fingerprint density at radius 3 is 2.20 bits per heavy atom. The number of benzene rings is 2. The fourth-order valence-corrected chi connectivity index (χ4v) is 2.85. The monoisotopic (exact) mass is 384 g/mol. The number of rotatable bonds is 6. The molecule has 0 bridgehead atoms. The summed E-state index contributed by atoms with van der Waals surface area (Å²) in [4.78, 5) is 0.496. The minimum absolute atomic E-state index is 0.379. The molecular weight excluding hydrogens is 366 g/mol. The van der Waals surface area contributed by atoms with Crippen LogP contribution in [0.15, 0.2) is 41.3 Å². The minimum Gasteiger partial charge on any atom is -0.493 e. The number of hydrogen-bond donors (Lipinski definition) is 2. The normalized spacial score (nSPS) is 10.5. The van der Waals surface area contributed by atoms with E-state index < -0.39 is 5.76 Å². The maximum Gasteiger partial charge on any atom is 0.288 e. The molecule has 0 fully saturated rings. The summed E-state index contributed by atoms with van der Waals surface area (Å²) >= 11 is 5.80. The predicted octanol–water partition coefficient (Wildman–Crippen LogP) is 5.14. The molecule has 0 atom stereocenters. The van der Waals surface area contributed by atoms with E-state index in [0.29, 0.717) is 39.0 Å². The second-order valence-corrected chi connectivity index (χ2v) is 6.48. The van der Waals surface area contributed by atoms with Crippen LogP contribution in [0, 0.1) is 6.92 Å². The van der Waals surface area contributed by atoms with Gasteiger partial charge in [-0.3, -0.25) is 0 Å². The first-order valence-corrected chi connectivity index (χ1v) is 8.57. The van der Waals surface area contributed by atoms with E-state index >= 15 is 0 Å². The lowest BCUT2D eigenvalue weighted by molar-refractivity contribution is 0.252. The summed E-state index contributed by atoms with van der Waals surface area (Å²) in [6.45, 7) is 1.92. The second-order valence-electron chi connectivity index (χ2n) is 5.00. The largest absolute Gasteiger partial charge is 0.493 e. The Hall–Kier alpha value is -2.06. The van der Waals surface area contributed by atoms with E-state index in [4.69, 9.17) is 21.7 Å². The van der Waals surface area contributed by atoms with Crippen molar-refractivity contribution >= 4 is 40.5 Å². The van der Waals surface area contributed by atoms with Crippen molar-refractivity contribution in [3.63, 3.8) is 0 Å². The van der Waals surface area contributed by atoms with Crippen LogP contribution in [0.2, 0.25) is 0 Å². The van der Waals surface area contributed by atoms with Crippen LogP contribution in [-0.4, -0.2) is 25.1 Å². The summed E-state index contributed by atoms with van der Waals surface area (Å²) < 4.78 is 35.2. The van der Waals surface area contributed by atoms with Crippen molar-refractivity contribution in [3.05, 3.63) is 42.0 Å². The van der Waals surface area contributed by atoms with Gasteiger partial charge in [0, 0.05) is 22.3 Å². The third-order valence-electron chi connectivity index (χ3n) is 3.32. The van der Waals surface area contributed by atoms with Crippen molar-refractivity contribution in [1.29, 1.82) is 0 Å². The van der Waals surface area contributed by atoms with Crippen LogP contribution in [-0.2, 0) is 0 Å². The van der Waals surface area contributed by atoms with Gasteiger partial charge in [-0.2, -0.15) is 8.78 Å². The van der Waals surface area contributed by atoms with E-state index in [9.17, 15) is 8.78 Å². The number of alkyl halides is 2. The Kier molecular flexibility index (Phi) is 6.83. The Labute approximate surface area is 154 Å². The van der Waals surface area contributed by atoms with E-state index in [2.05, 4.69) is 10.6 Å². The fourth-order valence-electron chi connectivity index (χ4n) is 2.12. The third kappa shape index (κ3) is 5.47. The van der Waals surface area contributed by atoms with Gasteiger partial charge in [0.1, 0.15) is 0 Å². The smallest absolute Gasteiger partial charge is 0.288 e. The van der Waals surface area contributed by atoms with E-state index in [0.717, 1.165) is 11.3 Å². The fraction of sp³-hybridized carbons (Fsp3) is 0.235. The summed E-state index contributed by atoms with van der Waals surface area (Å²) in [6.07, 6.45) is 0. The highest BCUT2D eigenvalue weighted by Crippen LogP contribution is 2.33. The van der Waals surface area contributed by atoms with Crippen LogP contribution in [0.3, 0.4) is 0 Å². The minimum atomic E-state index is -2.44. The summed E-state index contributed by atoms with van der Waals surface area (Å²) in [5.41, 5.74) is 2.42. The zero-order valence-electron chi connectivity index (χ0n) is 13.9. The van der Waals surface area contributed by atoms with Gasteiger partial charge < -0.3 is 20.1 Å². The number of nitrogens with one attached hydrogen (secondary N) is 2. The van der Waals surface area contributed by atoms with Crippen LogP contribution >= 0.6 is 24.0 Å². The molecule has 8 heteroatoms. The highest BCUT2D eigenvalue weighted by atomic mass is 32.2. The Morgan fingerprint density at radius 1 is 1.04 bits per heavy atom. The van der Waals surface area contributed by atoms with E-state index in [1.165, 1.54) is 0 Å². The number of anilines is 2. The SMILES string of the molecule is COc1cc(C)c(NC(=S)Nc2ccc(SC(F)F)cc2)cc1OC. The number of halogens is 2. The average molecular weight is 384 g/mol. The molecule has 25 heavy (non-hydrogen) atoms. The van der Waals surface area contributed by atoms with Crippen LogP contribution in [0.4, 0.5) is 20.2 Å². The molecule has 0 heterocycles. The maximum absolute atomic E-state index is 12.3. The molecule has 0 radical (unpaired) electrons. The zero-order chi connectivity index (χ0) is 18.4. The van der Waals surface area contributed by atoms with Gasteiger partial charge in [0.2, 0.25) is 0 Å². The van der Waals surface area contributed by atoms with Gasteiger partial charge in [0.15, 0.2) is 16.6 Å². The van der Waals surface area contributed by atoms with Gasteiger partial charge in [0.05, 0.1) is 14.2 Å². The Balaban J connectivity index is 2.05. The van der Waals surface area contributed by atoms with Crippen LogP contribution in [0.25, 0.3) is 0 Å². The lowest BCUT2D eigenvalue weighted by Crippen LogP contribution is -2.19. The number of aryl methyl sites for hydroxylation is 1. The molecule has 0 aliphatic carbocycles. The Morgan fingerprint density at radius 2 is 1.64 bits per heavy atom. The number of hydrogen-bond acceptors (Lipinski definition) is 4. The number of ether oxygens (including phenoxy) is 2. The highest BCUT2D eigenvalue weighted by molar-refractivity contribution is 7.99. The van der Waals surface area contributed by atoms with Crippen molar-refractivity contribution in [3.8, 4) is 11.5 Å². The molecule has 0 spiro atoms. The Bertz CT molecular complexity index is 740. The molecule has 2 rings (SSSR count). The molecule has 0 aliphatic rings. The number of methoxy groups -OCH3 is 2. The first-order chi connectivity index (χ1) is 11.9. The molecule has 2 aromatic carbocycles. The summed E-state index contributed by atoms with van der Waals surface area (Å²) in [5, 5.41) is 6.49. The van der Waals surface area contributed by atoms with Crippen LogP contribution in [0.5, 0.6) is 11.5 Å². The van der Waals surface area contributed by atoms with Crippen molar-refractivity contribution in [2.45, 2.75) is 17.6 Å². The lowest BCUT2D eigenvalue weighted by atomic mass is 10.1. The molecule has 2 N–H and O–H groups in total. The van der Waals surface area contributed by atoms with Gasteiger partial charge in [-0.05, 0) is 55.0 Å². The standard InChI is InChI=1S/C17H18F2N2O2S2/c1-10-8-14(22-2)15(23-3)9-13(10)21-17(24)20-11-4-6-12(7-5-11)25-16(18)19/h4-9,16H,1-3H3,(H2,20,21,24). The quantitative estimate of drug-likeness (QED) is 0.531. The van der Waals surface area contributed by atoms with Crippen molar-refractivity contribution in [2.75, 3.05) is 24.9 Å². The van der Waals surface area contributed by atoms with Gasteiger partial charge in [0.25, 0.3) is 5.76 Å². The molecular formula is C17H18F2N2O2S2. The maximum atomic E-state index is 12.3. The summed E-state index contributed by atoms with van der Waals surface area (Å²) in [5.74, 6) is -1.21. The van der Waals surface area contributed by atoms with E-state index in [1.807, 2.05) is 13.0 Å².